The van der Waals surface area contributed by atoms with Crippen LogP contribution in [0.2, 0.25) is 0 Å². The van der Waals surface area contributed by atoms with Gasteiger partial charge in [-0.3, -0.25) is 4.79 Å². The fraction of sp³-hybridized carbons (Fsp3) is 0.364. The summed E-state index contributed by atoms with van der Waals surface area (Å²) in [4.78, 5) is 11.1. The van der Waals surface area contributed by atoms with Gasteiger partial charge in [-0.25, -0.2) is 0 Å². The second kappa shape index (κ2) is 6.08. The number of alkyl halides is 3. The van der Waals surface area contributed by atoms with E-state index in [9.17, 15) is 18.0 Å². The van der Waals surface area contributed by atoms with Crippen LogP contribution in [-0.4, -0.2) is 19.1 Å². The quantitative estimate of drug-likeness (QED) is 0.862. The summed E-state index contributed by atoms with van der Waals surface area (Å²) in [5.74, 6) is -0.526. The molecule has 1 N–H and O–H groups in total. The second-order valence-electron chi connectivity index (χ2n) is 3.35. The first-order valence-corrected chi connectivity index (χ1v) is 5.90. The number of halogens is 4. The lowest BCUT2D eigenvalue weighted by Crippen LogP contribution is -2.17. The summed E-state index contributed by atoms with van der Waals surface area (Å²) >= 11 is 3.10. The van der Waals surface area contributed by atoms with E-state index in [1.54, 1.807) is 6.92 Å². The highest BCUT2D eigenvalue weighted by molar-refractivity contribution is 9.10. The maximum Gasteiger partial charge on any atom is 0.416 e. The third kappa shape index (κ3) is 4.21. The summed E-state index contributed by atoms with van der Waals surface area (Å²) in [5.41, 5.74) is -0.588. The van der Waals surface area contributed by atoms with Crippen LogP contribution in [0.1, 0.15) is 12.5 Å². The number of nitrogens with one attached hydrogen (secondary N) is 1. The van der Waals surface area contributed by atoms with Crippen LogP contribution in [-0.2, 0) is 15.7 Å². The molecule has 1 aromatic rings. The highest BCUT2D eigenvalue weighted by Gasteiger charge is 2.30. The molecule has 0 bridgehead atoms. The largest absolute Gasteiger partial charge is 0.465 e. The van der Waals surface area contributed by atoms with E-state index in [1.165, 1.54) is 6.07 Å². The Balaban J connectivity index is 2.79. The van der Waals surface area contributed by atoms with E-state index in [1.807, 2.05) is 0 Å². The molecule has 0 unspecified atom stereocenters. The molecule has 0 radical (unpaired) electrons. The zero-order chi connectivity index (χ0) is 13.8. The van der Waals surface area contributed by atoms with Crippen LogP contribution in [0, 0.1) is 0 Å². The lowest BCUT2D eigenvalue weighted by atomic mass is 10.2. The van der Waals surface area contributed by atoms with Gasteiger partial charge in [-0.05, 0) is 41.1 Å². The Labute approximate surface area is 110 Å². The monoisotopic (exact) mass is 325 g/mol. The molecule has 0 fully saturated rings. The van der Waals surface area contributed by atoms with Gasteiger partial charge in [-0.1, -0.05) is 0 Å². The Kier molecular flexibility index (Phi) is 5.01. The average molecular weight is 326 g/mol. The molecule has 0 aromatic heterocycles. The van der Waals surface area contributed by atoms with E-state index in [0.717, 1.165) is 12.1 Å². The average Bonchev–Trinajstić information content (AvgIpc) is 2.26. The van der Waals surface area contributed by atoms with Crippen molar-refractivity contribution in [3.05, 3.63) is 28.2 Å². The summed E-state index contributed by atoms with van der Waals surface area (Å²) in [7, 11) is 0. The van der Waals surface area contributed by atoms with Gasteiger partial charge in [0.25, 0.3) is 0 Å². The second-order valence-corrected chi connectivity index (χ2v) is 4.21. The van der Waals surface area contributed by atoms with Crippen molar-refractivity contribution in [2.75, 3.05) is 18.5 Å². The van der Waals surface area contributed by atoms with Crippen molar-refractivity contribution in [1.82, 2.24) is 0 Å². The van der Waals surface area contributed by atoms with Gasteiger partial charge in [0.15, 0.2) is 0 Å². The van der Waals surface area contributed by atoms with E-state index in [4.69, 9.17) is 0 Å². The maximum absolute atomic E-state index is 12.5. The molecule has 100 valence electrons. The summed E-state index contributed by atoms with van der Waals surface area (Å²) in [5, 5.41) is 2.59. The van der Waals surface area contributed by atoms with Gasteiger partial charge in [0.2, 0.25) is 0 Å². The third-order valence-corrected chi connectivity index (χ3v) is 2.71. The van der Waals surface area contributed by atoms with Crippen LogP contribution in [0.25, 0.3) is 0 Å². The molecule has 0 heterocycles. The number of carbonyl (C=O) groups is 1. The fourth-order valence-electron chi connectivity index (χ4n) is 1.22. The van der Waals surface area contributed by atoms with Gasteiger partial charge >= 0.3 is 12.1 Å². The van der Waals surface area contributed by atoms with Crippen molar-refractivity contribution >= 4 is 27.6 Å². The summed E-state index contributed by atoms with van der Waals surface area (Å²) < 4.78 is 42.6. The van der Waals surface area contributed by atoms with Gasteiger partial charge in [0, 0.05) is 10.2 Å². The van der Waals surface area contributed by atoms with Crippen molar-refractivity contribution in [3.8, 4) is 0 Å². The first-order valence-electron chi connectivity index (χ1n) is 5.11. The molecule has 0 aliphatic carbocycles. The van der Waals surface area contributed by atoms with Crippen molar-refractivity contribution < 1.29 is 22.7 Å². The Morgan fingerprint density at radius 1 is 1.44 bits per heavy atom. The number of esters is 1. The molecule has 7 heteroatoms. The van der Waals surface area contributed by atoms with E-state index in [-0.39, 0.29) is 18.8 Å². The zero-order valence-corrected chi connectivity index (χ0v) is 11.1. The molecule has 0 aliphatic heterocycles. The van der Waals surface area contributed by atoms with Crippen LogP contribution < -0.4 is 5.32 Å². The number of ether oxygens (including phenoxy) is 1. The highest BCUT2D eigenvalue weighted by Crippen LogP contribution is 2.33. The lowest BCUT2D eigenvalue weighted by molar-refractivity contribution is -0.141. The molecule has 3 nitrogen and oxygen atoms in total. The number of carbonyl (C=O) groups excluding carboxylic acids is 1. The number of hydrogen-bond donors (Lipinski definition) is 1. The zero-order valence-electron chi connectivity index (χ0n) is 9.47. The molecular weight excluding hydrogens is 315 g/mol. The molecule has 0 amide bonds. The molecule has 1 rings (SSSR count). The number of hydrogen-bond acceptors (Lipinski definition) is 3. The molecule has 0 saturated heterocycles. The maximum atomic E-state index is 12.5. The first-order chi connectivity index (χ1) is 8.34. The van der Waals surface area contributed by atoms with Gasteiger partial charge < -0.3 is 10.1 Å². The van der Waals surface area contributed by atoms with Crippen molar-refractivity contribution in [2.24, 2.45) is 0 Å². The summed E-state index contributed by atoms with van der Waals surface area (Å²) in [6.45, 7) is 1.69. The van der Waals surface area contributed by atoms with Crippen LogP contribution in [0.3, 0.4) is 0 Å². The molecule has 0 aliphatic rings. The van der Waals surface area contributed by atoms with E-state index < -0.39 is 17.7 Å². The van der Waals surface area contributed by atoms with Crippen molar-refractivity contribution in [2.45, 2.75) is 13.1 Å². The molecule has 0 spiro atoms. The molecule has 1 aromatic carbocycles. The summed E-state index contributed by atoms with van der Waals surface area (Å²) in [6.07, 6.45) is -4.42. The molecule has 0 saturated carbocycles. The van der Waals surface area contributed by atoms with Crippen molar-refractivity contribution in [3.63, 3.8) is 0 Å². The minimum Gasteiger partial charge on any atom is -0.465 e. The van der Waals surface area contributed by atoms with E-state index in [0.29, 0.717) is 4.47 Å². The molecule has 0 atom stereocenters. The smallest absolute Gasteiger partial charge is 0.416 e. The van der Waals surface area contributed by atoms with Gasteiger partial charge in [0.1, 0.15) is 6.54 Å². The van der Waals surface area contributed by atoms with Crippen LogP contribution in [0.5, 0.6) is 0 Å². The van der Waals surface area contributed by atoms with Gasteiger partial charge in [0.05, 0.1) is 12.2 Å². The van der Waals surface area contributed by atoms with Gasteiger partial charge in [-0.2, -0.15) is 13.2 Å². The Hall–Kier alpha value is -1.24. The molecule has 18 heavy (non-hydrogen) atoms. The Morgan fingerprint density at radius 3 is 2.67 bits per heavy atom. The van der Waals surface area contributed by atoms with E-state index in [2.05, 4.69) is 26.0 Å². The Morgan fingerprint density at radius 2 is 2.11 bits per heavy atom. The van der Waals surface area contributed by atoms with Crippen LogP contribution in [0.15, 0.2) is 22.7 Å². The summed E-state index contributed by atoms with van der Waals surface area (Å²) in [6, 6.07) is 3.17. The normalized spacial score (nSPS) is 11.2. The third-order valence-electron chi connectivity index (χ3n) is 2.02. The highest BCUT2D eigenvalue weighted by atomic mass is 79.9. The topological polar surface area (TPSA) is 38.3 Å². The standard InChI is InChI=1S/C11H11BrF3NO2/c1-2-18-10(17)6-16-9-5-7(11(13,14)15)3-4-8(9)12/h3-5,16H,2,6H2,1H3. The first kappa shape index (κ1) is 14.8. The predicted molar refractivity (Wildman–Crippen MR) is 64.3 cm³/mol. The van der Waals surface area contributed by atoms with Crippen LogP contribution in [0.4, 0.5) is 18.9 Å². The SMILES string of the molecule is CCOC(=O)CNc1cc(C(F)(F)F)ccc1Br. The molecular formula is C11H11BrF3NO2. The Bertz CT molecular complexity index is 435. The van der Waals surface area contributed by atoms with E-state index >= 15 is 0 Å². The number of rotatable bonds is 4. The fourth-order valence-corrected chi connectivity index (χ4v) is 1.60. The predicted octanol–water partition coefficient (Wildman–Crippen LogP) is 3.44. The number of anilines is 1. The van der Waals surface area contributed by atoms with Crippen LogP contribution >= 0.6 is 15.9 Å². The minimum atomic E-state index is -4.42. The number of benzene rings is 1. The minimum absolute atomic E-state index is 0.187. The lowest BCUT2D eigenvalue weighted by Gasteiger charge is -2.12. The van der Waals surface area contributed by atoms with Crippen molar-refractivity contribution in [1.29, 1.82) is 0 Å². The van der Waals surface area contributed by atoms with Gasteiger partial charge in [-0.15, -0.1) is 0 Å².